The smallest absolute Gasteiger partial charge is 0.321 e. The fourth-order valence-electron chi connectivity index (χ4n) is 2.96. The quantitative estimate of drug-likeness (QED) is 0.864. The summed E-state index contributed by atoms with van der Waals surface area (Å²) in [4.78, 5) is 25.8. The molecule has 0 aliphatic carbocycles. The lowest BCUT2D eigenvalue weighted by atomic mass is 9.90. The molecule has 3 rings (SSSR count). The molecule has 7 heteroatoms. The minimum absolute atomic E-state index is 0.0607. The largest absolute Gasteiger partial charge is 0.469 e. The van der Waals surface area contributed by atoms with E-state index in [-0.39, 0.29) is 18.2 Å². The molecule has 0 saturated carbocycles. The number of methoxy groups -OCH3 is 1. The Morgan fingerprint density at radius 2 is 2.16 bits per heavy atom. The van der Waals surface area contributed by atoms with Gasteiger partial charge in [0.25, 0.3) is 0 Å². The number of rotatable bonds is 3. The molecule has 1 atom stereocenters. The summed E-state index contributed by atoms with van der Waals surface area (Å²) in [5, 5.41) is 2.57. The van der Waals surface area contributed by atoms with Crippen molar-refractivity contribution in [3.8, 4) is 11.3 Å². The molecule has 2 heterocycles. The van der Waals surface area contributed by atoms with Crippen molar-refractivity contribution in [1.82, 2.24) is 4.90 Å². The van der Waals surface area contributed by atoms with Crippen LogP contribution in [0.4, 0.5) is 14.9 Å². The number of urea groups is 1. The number of furan rings is 1. The normalized spacial score (nSPS) is 19.7. The molecular formula is C18H19FN2O4. The van der Waals surface area contributed by atoms with Gasteiger partial charge in [-0.25, -0.2) is 9.18 Å². The van der Waals surface area contributed by atoms with Crippen LogP contribution in [-0.2, 0) is 9.53 Å². The molecule has 25 heavy (non-hydrogen) atoms. The number of carbonyl (C=O) groups excluding carboxylic acids is 2. The Morgan fingerprint density at radius 3 is 2.84 bits per heavy atom. The van der Waals surface area contributed by atoms with Crippen LogP contribution in [-0.4, -0.2) is 37.1 Å². The van der Waals surface area contributed by atoms with Crippen molar-refractivity contribution >= 4 is 17.7 Å². The van der Waals surface area contributed by atoms with Crippen LogP contribution in [0.15, 0.2) is 41.0 Å². The first kappa shape index (κ1) is 17.0. The fourth-order valence-corrected chi connectivity index (χ4v) is 2.96. The van der Waals surface area contributed by atoms with Crippen LogP contribution in [0, 0.1) is 11.2 Å². The van der Waals surface area contributed by atoms with Crippen molar-refractivity contribution in [2.24, 2.45) is 5.41 Å². The third-order valence-corrected chi connectivity index (χ3v) is 4.45. The molecule has 1 fully saturated rings. The van der Waals surface area contributed by atoms with Gasteiger partial charge in [0.2, 0.25) is 0 Å². The zero-order valence-corrected chi connectivity index (χ0v) is 14.0. The van der Waals surface area contributed by atoms with Crippen LogP contribution in [0.5, 0.6) is 0 Å². The van der Waals surface area contributed by atoms with Gasteiger partial charge in [-0.05, 0) is 43.7 Å². The Labute approximate surface area is 144 Å². The minimum Gasteiger partial charge on any atom is -0.469 e. The average molecular weight is 346 g/mol. The first-order valence-electron chi connectivity index (χ1n) is 7.91. The van der Waals surface area contributed by atoms with Gasteiger partial charge in [0.15, 0.2) is 0 Å². The monoisotopic (exact) mass is 346 g/mol. The first-order chi connectivity index (χ1) is 11.9. The number of hydrogen-bond donors (Lipinski definition) is 1. The molecule has 1 aromatic heterocycles. The first-order valence-corrected chi connectivity index (χ1v) is 7.91. The summed E-state index contributed by atoms with van der Waals surface area (Å²) >= 11 is 0. The van der Waals surface area contributed by atoms with Crippen molar-refractivity contribution in [2.45, 2.75) is 13.3 Å². The maximum Gasteiger partial charge on any atom is 0.321 e. The van der Waals surface area contributed by atoms with Gasteiger partial charge in [-0.2, -0.15) is 0 Å². The summed E-state index contributed by atoms with van der Waals surface area (Å²) in [5.41, 5.74) is -0.0196. The lowest BCUT2D eigenvalue weighted by molar-refractivity contribution is -0.150. The number of hydrogen-bond acceptors (Lipinski definition) is 4. The number of benzene rings is 1. The van der Waals surface area contributed by atoms with Crippen LogP contribution in [0.1, 0.15) is 13.3 Å². The van der Waals surface area contributed by atoms with E-state index in [9.17, 15) is 14.0 Å². The zero-order valence-electron chi connectivity index (χ0n) is 14.0. The number of halogens is 1. The molecule has 1 aliphatic heterocycles. The van der Waals surface area contributed by atoms with E-state index in [1.807, 2.05) is 0 Å². The topological polar surface area (TPSA) is 71.8 Å². The van der Waals surface area contributed by atoms with Crippen molar-refractivity contribution in [3.63, 3.8) is 0 Å². The van der Waals surface area contributed by atoms with Gasteiger partial charge >= 0.3 is 12.0 Å². The van der Waals surface area contributed by atoms with Gasteiger partial charge in [0, 0.05) is 18.7 Å². The summed E-state index contributed by atoms with van der Waals surface area (Å²) in [7, 11) is 1.33. The van der Waals surface area contributed by atoms with E-state index in [4.69, 9.17) is 9.15 Å². The molecule has 6 nitrogen and oxygen atoms in total. The predicted molar refractivity (Wildman–Crippen MR) is 89.4 cm³/mol. The van der Waals surface area contributed by atoms with E-state index in [1.54, 1.807) is 25.1 Å². The zero-order chi connectivity index (χ0) is 18.0. The third kappa shape index (κ3) is 3.35. The highest BCUT2D eigenvalue weighted by Gasteiger charge is 2.43. The van der Waals surface area contributed by atoms with Gasteiger partial charge < -0.3 is 19.4 Å². The Hall–Kier alpha value is -2.83. The lowest BCUT2D eigenvalue weighted by Gasteiger charge is -2.22. The Morgan fingerprint density at radius 1 is 1.36 bits per heavy atom. The molecule has 1 N–H and O–H groups in total. The second-order valence-electron chi connectivity index (χ2n) is 6.33. The molecule has 0 spiro atoms. The Bertz CT molecular complexity index is 790. The summed E-state index contributed by atoms with van der Waals surface area (Å²) in [5.74, 6) is -0.317. The highest BCUT2D eigenvalue weighted by Crippen LogP contribution is 2.32. The number of anilines is 1. The SMILES string of the molecule is COC(=O)[C@@]1(C)CCN(C(=O)Nc2cc(-c3ccco3)ccc2F)C1. The van der Waals surface area contributed by atoms with Gasteiger partial charge in [0.1, 0.15) is 11.6 Å². The molecule has 132 valence electrons. The van der Waals surface area contributed by atoms with Crippen LogP contribution < -0.4 is 5.32 Å². The van der Waals surface area contributed by atoms with E-state index >= 15 is 0 Å². The molecule has 2 amide bonds. The number of carbonyl (C=O) groups is 2. The summed E-state index contributed by atoms with van der Waals surface area (Å²) in [6.07, 6.45) is 2.02. The van der Waals surface area contributed by atoms with E-state index in [1.165, 1.54) is 30.4 Å². The summed E-state index contributed by atoms with van der Waals surface area (Å²) < 4.78 is 24.1. The Kier molecular flexibility index (Phi) is 4.48. The van der Waals surface area contributed by atoms with Crippen LogP contribution in [0.2, 0.25) is 0 Å². The number of nitrogens with zero attached hydrogens (tertiary/aromatic N) is 1. The molecule has 1 saturated heterocycles. The van der Waals surface area contributed by atoms with E-state index in [0.29, 0.717) is 24.3 Å². The predicted octanol–water partition coefficient (Wildman–Crippen LogP) is 3.50. The lowest BCUT2D eigenvalue weighted by Crippen LogP contribution is -2.37. The van der Waals surface area contributed by atoms with Gasteiger partial charge in [-0.15, -0.1) is 0 Å². The molecule has 0 unspecified atom stereocenters. The van der Waals surface area contributed by atoms with E-state index in [0.717, 1.165) is 0 Å². The van der Waals surface area contributed by atoms with Gasteiger partial charge in [-0.1, -0.05) is 0 Å². The standard InChI is InChI=1S/C18H19FN2O4/c1-18(16(22)24-2)7-8-21(11-18)17(23)20-14-10-12(5-6-13(14)19)15-4-3-9-25-15/h3-6,9-10H,7-8,11H2,1-2H3,(H,20,23)/t18-/m0/s1. The van der Waals surface area contributed by atoms with Crippen LogP contribution >= 0.6 is 0 Å². The maximum absolute atomic E-state index is 14.1. The third-order valence-electron chi connectivity index (χ3n) is 4.45. The highest BCUT2D eigenvalue weighted by atomic mass is 19.1. The van der Waals surface area contributed by atoms with Gasteiger partial charge in [0.05, 0.1) is 24.5 Å². The van der Waals surface area contributed by atoms with Crippen LogP contribution in [0.3, 0.4) is 0 Å². The van der Waals surface area contributed by atoms with Gasteiger partial charge in [-0.3, -0.25) is 4.79 Å². The highest BCUT2D eigenvalue weighted by molar-refractivity contribution is 5.91. The number of amides is 2. The van der Waals surface area contributed by atoms with Crippen molar-refractivity contribution in [3.05, 3.63) is 42.4 Å². The molecular weight excluding hydrogens is 327 g/mol. The van der Waals surface area contributed by atoms with E-state index in [2.05, 4.69) is 5.32 Å². The fraction of sp³-hybridized carbons (Fsp3) is 0.333. The second-order valence-corrected chi connectivity index (χ2v) is 6.33. The summed E-state index contributed by atoms with van der Waals surface area (Å²) in [6, 6.07) is 7.39. The average Bonchev–Trinajstić information content (AvgIpc) is 3.26. The minimum atomic E-state index is -0.735. The van der Waals surface area contributed by atoms with Crippen molar-refractivity contribution < 1.29 is 23.1 Å². The molecule has 0 radical (unpaired) electrons. The van der Waals surface area contributed by atoms with Crippen LogP contribution in [0.25, 0.3) is 11.3 Å². The number of likely N-dealkylation sites (tertiary alicyclic amines) is 1. The van der Waals surface area contributed by atoms with E-state index < -0.39 is 17.3 Å². The number of esters is 1. The summed E-state index contributed by atoms with van der Waals surface area (Å²) in [6.45, 7) is 2.38. The van der Waals surface area contributed by atoms with Crippen molar-refractivity contribution in [1.29, 1.82) is 0 Å². The second kappa shape index (κ2) is 6.58. The molecule has 1 aliphatic rings. The number of ether oxygens (including phenoxy) is 1. The molecule has 1 aromatic carbocycles. The Balaban J connectivity index is 1.74. The number of nitrogens with one attached hydrogen (secondary N) is 1. The maximum atomic E-state index is 14.1. The van der Waals surface area contributed by atoms with Crippen molar-refractivity contribution in [2.75, 3.05) is 25.5 Å². The molecule has 2 aromatic rings. The molecule has 0 bridgehead atoms.